The van der Waals surface area contributed by atoms with Crippen molar-refractivity contribution >= 4 is 11.8 Å². The Kier molecular flexibility index (Phi) is 6.32. The van der Waals surface area contributed by atoms with E-state index in [4.69, 9.17) is 0 Å². The van der Waals surface area contributed by atoms with E-state index in [1.807, 2.05) is 4.68 Å². The molecule has 114 valence electrons. The molecule has 6 heteroatoms. The molecule has 1 N–H and O–H groups in total. The minimum absolute atomic E-state index is 0.670. The standard InChI is InChI=1S/C14H27N5S/c1-12(2)8-15-9-14-10-19(17-16-14)5-4-18-6-7-20-11-13(18)3/h10,12-13,15H,4-9,11H2,1-3H3. The molecule has 0 radical (unpaired) electrons. The van der Waals surface area contributed by atoms with Crippen LogP contribution < -0.4 is 5.32 Å². The smallest absolute Gasteiger partial charge is 0.0964 e. The Morgan fingerprint density at radius 1 is 1.45 bits per heavy atom. The molecule has 1 fully saturated rings. The Balaban J connectivity index is 1.72. The molecule has 0 aliphatic carbocycles. The molecule has 1 unspecified atom stereocenters. The summed E-state index contributed by atoms with van der Waals surface area (Å²) in [5.41, 5.74) is 1.04. The van der Waals surface area contributed by atoms with Gasteiger partial charge in [0.25, 0.3) is 0 Å². The topological polar surface area (TPSA) is 46.0 Å². The first-order valence-electron chi connectivity index (χ1n) is 7.56. The van der Waals surface area contributed by atoms with Gasteiger partial charge in [0.15, 0.2) is 0 Å². The van der Waals surface area contributed by atoms with Crippen molar-refractivity contribution in [1.29, 1.82) is 0 Å². The van der Waals surface area contributed by atoms with Gasteiger partial charge in [0.2, 0.25) is 0 Å². The van der Waals surface area contributed by atoms with Crippen molar-refractivity contribution in [3.8, 4) is 0 Å². The molecule has 1 aliphatic rings. The quantitative estimate of drug-likeness (QED) is 0.825. The van der Waals surface area contributed by atoms with Crippen molar-refractivity contribution in [2.75, 3.05) is 31.1 Å². The van der Waals surface area contributed by atoms with Crippen molar-refractivity contribution in [1.82, 2.24) is 25.2 Å². The zero-order valence-corrected chi connectivity index (χ0v) is 13.7. The van der Waals surface area contributed by atoms with Gasteiger partial charge >= 0.3 is 0 Å². The van der Waals surface area contributed by atoms with E-state index in [1.54, 1.807) is 0 Å². The van der Waals surface area contributed by atoms with Crippen LogP contribution in [0.3, 0.4) is 0 Å². The third-order valence-electron chi connectivity index (χ3n) is 3.57. The summed E-state index contributed by atoms with van der Waals surface area (Å²) >= 11 is 2.06. The number of rotatable bonds is 7. The second kappa shape index (κ2) is 8.00. The van der Waals surface area contributed by atoms with E-state index in [1.165, 1.54) is 18.1 Å². The van der Waals surface area contributed by atoms with E-state index in [0.717, 1.165) is 31.9 Å². The summed E-state index contributed by atoms with van der Waals surface area (Å²) in [4.78, 5) is 2.55. The minimum Gasteiger partial charge on any atom is -0.311 e. The zero-order chi connectivity index (χ0) is 14.4. The van der Waals surface area contributed by atoms with E-state index < -0.39 is 0 Å². The van der Waals surface area contributed by atoms with Crippen LogP contribution in [0, 0.1) is 5.92 Å². The average molecular weight is 297 g/mol. The highest BCUT2D eigenvalue weighted by Gasteiger charge is 2.18. The summed E-state index contributed by atoms with van der Waals surface area (Å²) in [5, 5.41) is 11.8. The number of thioether (sulfide) groups is 1. The third kappa shape index (κ3) is 5.07. The Labute approximate surface area is 126 Å². The predicted octanol–water partition coefficient (Wildman–Crippen LogP) is 1.46. The van der Waals surface area contributed by atoms with Gasteiger partial charge in [-0.25, -0.2) is 0 Å². The summed E-state index contributed by atoms with van der Waals surface area (Å²) in [6.07, 6.45) is 2.07. The van der Waals surface area contributed by atoms with Gasteiger partial charge < -0.3 is 5.32 Å². The zero-order valence-electron chi connectivity index (χ0n) is 12.9. The largest absolute Gasteiger partial charge is 0.311 e. The van der Waals surface area contributed by atoms with Crippen LogP contribution in [0.5, 0.6) is 0 Å². The van der Waals surface area contributed by atoms with Crippen LogP contribution in [0.15, 0.2) is 6.20 Å². The molecule has 0 saturated carbocycles. The summed E-state index contributed by atoms with van der Waals surface area (Å²) in [6.45, 7) is 11.8. The molecule has 0 aromatic carbocycles. The molecule has 1 aliphatic heterocycles. The van der Waals surface area contributed by atoms with Crippen LogP contribution in [0.1, 0.15) is 26.5 Å². The molecular weight excluding hydrogens is 270 g/mol. The van der Waals surface area contributed by atoms with Crippen molar-refractivity contribution in [2.24, 2.45) is 5.92 Å². The highest BCUT2D eigenvalue weighted by molar-refractivity contribution is 7.99. The van der Waals surface area contributed by atoms with E-state index in [0.29, 0.717) is 12.0 Å². The van der Waals surface area contributed by atoms with Gasteiger partial charge in [-0.15, -0.1) is 5.10 Å². The number of nitrogens with zero attached hydrogens (tertiary/aromatic N) is 4. The predicted molar refractivity (Wildman–Crippen MR) is 84.9 cm³/mol. The van der Waals surface area contributed by atoms with Gasteiger partial charge in [0.1, 0.15) is 0 Å². The van der Waals surface area contributed by atoms with Gasteiger partial charge in [0, 0.05) is 43.4 Å². The van der Waals surface area contributed by atoms with Crippen molar-refractivity contribution < 1.29 is 0 Å². The molecule has 1 atom stereocenters. The van der Waals surface area contributed by atoms with E-state index >= 15 is 0 Å². The Morgan fingerprint density at radius 2 is 2.30 bits per heavy atom. The lowest BCUT2D eigenvalue weighted by atomic mass is 10.2. The monoisotopic (exact) mass is 297 g/mol. The maximum Gasteiger partial charge on any atom is 0.0964 e. The van der Waals surface area contributed by atoms with Gasteiger partial charge in [-0.1, -0.05) is 19.1 Å². The molecule has 0 bridgehead atoms. The van der Waals surface area contributed by atoms with Crippen LogP contribution in [0.4, 0.5) is 0 Å². The van der Waals surface area contributed by atoms with E-state index in [9.17, 15) is 0 Å². The molecule has 0 amide bonds. The molecule has 0 spiro atoms. The molecule has 20 heavy (non-hydrogen) atoms. The maximum atomic E-state index is 4.22. The van der Waals surface area contributed by atoms with Crippen LogP contribution in [-0.2, 0) is 13.1 Å². The first kappa shape index (κ1) is 15.8. The highest BCUT2D eigenvalue weighted by Crippen LogP contribution is 2.15. The van der Waals surface area contributed by atoms with Crippen molar-refractivity contribution in [2.45, 2.75) is 39.9 Å². The number of aromatic nitrogens is 3. The summed E-state index contributed by atoms with van der Waals surface area (Å²) < 4.78 is 1.97. The number of nitrogens with one attached hydrogen (secondary N) is 1. The summed E-state index contributed by atoms with van der Waals surface area (Å²) in [5.74, 6) is 3.18. The van der Waals surface area contributed by atoms with Crippen LogP contribution in [0.2, 0.25) is 0 Å². The van der Waals surface area contributed by atoms with Crippen LogP contribution >= 0.6 is 11.8 Å². The first-order valence-corrected chi connectivity index (χ1v) is 8.72. The Hall–Kier alpha value is -0.590. The Bertz CT molecular complexity index is 393. The van der Waals surface area contributed by atoms with Gasteiger partial charge in [-0.2, -0.15) is 11.8 Å². The van der Waals surface area contributed by atoms with Crippen molar-refractivity contribution in [3.05, 3.63) is 11.9 Å². The molecule has 1 aromatic rings. The normalized spacial score (nSPS) is 20.7. The first-order chi connectivity index (χ1) is 9.65. The number of hydrogen-bond acceptors (Lipinski definition) is 5. The molecular formula is C14H27N5S. The lowest BCUT2D eigenvalue weighted by molar-refractivity contribution is 0.220. The fourth-order valence-electron chi connectivity index (χ4n) is 2.34. The molecule has 1 aromatic heterocycles. The Morgan fingerprint density at radius 3 is 3.05 bits per heavy atom. The number of hydrogen-bond donors (Lipinski definition) is 1. The SMILES string of the molecule is CC(C)CNCc1cn(CCN2CCSCC2C)nn1. The lowest BCUT2D eigenvalue weighted by Gasteiger charge is -2.32. The van der Waals surface area contributed by atoms with Crippen molar-refractivity contribution in [3.63, 3.8) is 0 Å². The summed E-state index contributed by atoms with van der Waals surface area (Å²) in [7, 11) is 0. The van der Waals surface area contributed by atoms with Gasteiger partial charge in [-0.05, 0) is 19.4 Å². The van der Waals surface area contributed by atoms with Gasteiger partial charge in [0.05, 0.1) is 12.2 Å². The van der Waals surface area contributed by atoms with Crippen LogP contribution in [-0.4, -0.2) is 57.1 Å². The fraction of sp³-hybridized carbons (Fsp3) is 0.857. The highest BCUT2D eigenvalue weighted by atomic mass is 32.2. The van der Waals surface area contributed by atoms with Crippen LogP contribution in [0.25, 0.3) is 0 Å². The summed E-state index contributed by atoms with van der Waals surface area (Å²) in [6, 6.07) is 0.685. The fourth-order valence-corrected chi connectivity index (χ4v) is 3.42. The maximum absolute atomic E-state index is 4.22. The third-order valence-corrected chi connectivity index (χ3v) is 4.76. The molecule has 2 rings (SSSR count). The lowest BCUT2D eigenvalue weighted by Crippen LogP contribution is -2.42. The van der Waals surface area contributed by atoms with E-state index in [-0.39, 0.29) is 0 Å². The average Bonchev–Trinajstić information content (AvgIpc) is 2.85. The molecule has 5 nitrogen and oxygen atoms in total. The molecule has 1 saturated heterocycles. The van der Waals surface area contributed by atoms with Gasteiger partial charge in [-0.3, -0.25) is 9.58 Å². The second-order valence-electron chi connectivity index (χ2n) is 5.96. The van der Waals surface area contributed by atoms with E-state index in [2.05, 4.69) is 59.3 Å². The second-order valence-corrected chi connectivity index (χ2v) is 7.11. The minimum atomic E-state index is 0.670. The molecule has 2 heterocycles.